The Kier molecular flexibility index (Phi) is 9.22. The van der Waals surface area contributed by atoms with Gasteiger partial charge in [-0.15, -0.1) is 0 Å². The number of rotatable bonds is 9. The maximum absolute atomic E-state index is 2.78. The highest BCUT2D eigenvalue weighted by atomic mass is 28.3. The van der Waals surface area contributed by atoms with Crippen LogP contribution in [0.3, 0.4) is 0 Å². The fourth-order valence-electron chi connectivity index (χ4n) is 9.51. The van der Waals surface area contributed by atoms with Crippen molar-refractivity contribution in [3.05, 3.63) is 255 Å². The molecule has 288 valence electrons. The summed E-state index contributed by atoms with van der Waals surface area (Å²) in [6, 6.07) is 93.7. The SMILES string of the molecule is c1ccc(-c2ccc(N(c3ccc(-n4c5ccccc5c5cc6ccccc6cc54)cc3)c3cccc([Si](c4ccccc4)(c4ccccc4)c4ccccc4)c3)cc2)cc1. The Morgan fingerprint density at radius 2 is 0.770 bits per heavy atom. The lowest BCUT2D eigenvalue weighted by Crippen LogP contribution is -2.74. The first-order valence-electron chi connectivity index (χ1n) is 21.0. The molecule has 0 unspecified atom stereocenters. The van der Waals surface area contributed by atoms with Crippen LogP contribution in [0.4, 0.5) is 17.1 Å². The Labute approximate surface area is 357 Å². The molecule has 0 aliphatic heterocycles. The molecule has 0 aliphatic carbocycles. The van der Waals surface area contributed by atoms with Gasteiger partial charge in [-0.25, -0.2) is 0 Å². The molecule has 61 heavy (non-hydrogen) atoms. The van der Waals surface area contributed by atoms with Gasteiger partial charge in [-0.1, -0.05) is 188 Å². The Morgan fingerprint density at radius 1 is 0.295 bits per heavy atom. The summed E-state index contributed by atoms with van der Waals surface area (Å²) in [7, 11) is -2.78. The van der Waals surface area contributed by atoms with Crippen molar-refractivity contribution in [2.24, 2.45) is 0 Å². The number of hydrogen-bond acceptors (Lipinski definition) is 1. The summed E-state index contributed by atoms with van der Waals surface area (Å²) in [5.41, 5.74) is 9.22. The molecule has 3 heteroatoms. The predicted octanol–water partition coefficient (Wildman–Crippen LogP) is 12.5. The Bertz CT molecular complexity index is 3170. The summed E-state index contributed by atoms with van der Waals surface area (Å²) in [5.74, 6) is 0. The minimum atomic E-state index is -2.78. The molecule has 11 aromatic rings. The monoisotopic (exact) mass is 794 g/mol. The standard InChI is InChI=1S/C58H42N2Si/c1-5-18-43(19-6-1)44-32-34-47(35-33-44)59(48-36-38-49(39-37-48)60-57-31-16-15-30-55(57)56-40-45-20-13-14-21-46(45)41-58(56)60)50-22-17-29-54(42-50)61(51-23-7-2-8-24-51,52-25-9-3-10-26-52)53-27-11-4-12-28-53/h1-42H. The second-order valence-corrected chi connectivity index (χ2v) is 19.5. The molecule has 0 amide bonds. The molecule has 0 radical (unpaired) electrons. The Morgan fingerprint density at radius 3 is 1.38 bits per heavy atom. The molecule has 0 saturated carbocycles. The van der Waals surface area contributed by atoms with Crippen molar-refractivity contribution < 1.29 is 0 Å². The van der Waals surface area contributed by atoms with E-state index in [1.54, 1.807) is 0 Å². The Balaban J connectivity index is 1.10. The fourth-order valence-corrected chi connectivity index (χ4v) is 14.3. The predicted molar refractivity (Wildman–Crippen MR) is 262 cm³/mol. The molecule has 0 saturated heterocycles. The molecule has 0 fully saturated rings. The van der Waals surface area contributed by atoms with Crippen molar-refractivity contribution in [1.82, 2.24) is 4.57 Å². The minimum Gasteiger partial charge on any atom is -0.311 e. The van der Waals surface area contributed by atoms with Crippen LogP contribution in [-0.4, -0.2) is 12.6 Å². The van der Waals surface area contributed by atoms with Crippen molar-refractivity contribution in [3.8, 4) is 16.8 Å². The van der Waals surface area contributed by atoms with E-state index in [1.807, 2.05) is 0 Å². The zero-order valence-corrected chi connectivity index (χ0v) is 34.6. The smallest absolute Gasteiger partial charge is 0.179 e. The van der Waals surface area contributed by atoms with Gasteiger partial charge in [0.15, 0.2) is 8.07 Å². The summed E-state index contributed by atoms with van der Waals surface area (Å²) in [6.45, 7) is 0. The number of nitrogens with zero attached hydrogens (tertiary/aromatic N) is 2. The van der Waals surface area contributed by atoms with Gasteiger partial charge in [0.25, 0.3) is 0 Å². The fraction of sp³-hybridized carbons (Fsp3) is 0. The van der Waals surface area contributed by atoms with Crippen LogP contribution in [0.1, 0.15) is 0 Å². The summed E-state index contributed by atoms with van der Waals surface area (Å²) < 4.78 is 2.42. The first-order chi connectivity index (χ1) is 30.3. The van der Waals surface area contributed by atoms with Gasteiger partial charge < -0.3 is 9.47 Å². The first kappa shape index (κ1) is 36.4. The average Bonchev–Trinajstić information content (AvgIpc) is 3.66. The van der Waals surface area contributed by atoms with E-state index in [0.717, 1.165) is 22.7 Å². The van der Waals surface area contributed by atoms with E-state index in [2.05, 4.69) is 264 Å². The molecular formula is C58H42N2Si. The van der Waals surface area contributed by atoms with Gasteiger partial charge in [0.05, 0.1) is 11.0 Å². The molecule has 0 N–H and O–H groups in total. The maximum atomic E-state index is 2.45. The summed E-state index contributed by atoms with van der Waals surface area (Å²) >= 11 is 0. The van der Waals surface area contributed by atoms with E-state index in [4.69, 9.17) is 0 Å². The van der Waals surface area contributed by atoms with Crippen LogP contribution in [0.2, 0.25) is 0 Å². The molecule has 0 atom stereocenters. The normalized spacial score (nSPS) is 11.6. The van der Waals surface area contributed by atoms with Gasteiger partial charge in [-0.05, 0) is 109 Å². The number of para-hydroxylation sites is 1. The zero-order valence-electron chi connectivity index (χ0n) is 33.6. The number of anilines is 3. The van der Waals surface area contributed by atoms with E-state index in [9.17, 15) is 0 Å². The second kappa shape index (κ2) is 15.5. The van der Waals surface area contributed by atoms with E-state index in [0.29, 0.717) is 0 Å². The van der Waals surface area contributed by atoms with Crippen molar-refractivity contribution in [2.45, 2.75) is 0 Å². The maximum Gasteiger partial charge on any atom is 0.179 e. The molecule has 2 nitrogen and oxygen atoms in total. The quantitative estimate of drug-likeness (QED) is 0.104. The van der Waals surface area contributed by atoms with Crippen LogP contribution in [0.5, 0.6) is 0 Å². The van der Waals surface area contributed by atoms with Crippen molar-refractivity contribution in [1.29, 1.82) is 0 Å². The number of aromatic nitrogens is 1. The highest BCUT2D eigenvalue weighted by molar-refractivity contribution is 7.19. The topological polar surface area (TPSA) is 8.17 Å². The van der Waals surface area contributed by atoms with Crippen molar-refractivity contribution in [2.75, 3.05) is 4.90 Å². The van der Waals surface area contributed by atoms with Crippen LogP contribution >= 0.6 is 0 Å². The van der Waals surface area contributed by atoms with Crippen molar-refractivity contribution in [3.63, 3.8) is 0 Å². The van der Waals surface area contributed by atoms with Gasteiger partial charge in [-0.3, -0.25) is 0 Å². The van der Waals surface area contributed by atoms with E-state index >= 15 is 0 Å². The number of hydrogen-bond donors (Lipinski definition) is 0. The van der Waals surface area contributed by atoms with Crippen LogP contribution in [0.25, 0.3) is 49.4 Å². The zero-order chi connectivity index (χ0) is 40.6. The van der Waals surface area contributed by atoms with Gasteiger partial charge in [0.1, 0.15) is 0 Å². The molecule has 1 aromatic heterocycles. The first-order valence-corrected chi connectivity index (χ1v) is 23.0. The number of benzene rings is 10. The van der Waals surface area contributed by atoms with Crippen molar-refractivity contribution >= 4 is 78.5 Å². The largest absolute Gasteiger partial charge is 0.311 e. The lowest BCUT2D eigenvalue weighted by Gasteiger charge is -2.35. The third-order valence-corrected chi connectivity index (χ3v) is 17.1. The number of fused-ring (bicyclic) bond motifs is 4. The van der Waals surface area contributed by atoms with E-state index in [1.165, 1.54) is 64.5 Å². The molecule has 0 aliphatic rings. The summed E-state index contributed by atoms with van der Waals surface area (Å²) in [5, 5.41) is 10.4. The average molecular weight is 795 g/mol. The van der Waals surface area contributed by atoms with E-state index < -0.39 is 8.07 Å². The van der Waals surface area contributed by atoms with E-state index in [-0.39, 0.29) is 0 Å². The molecule has 0 bridgehead atoms. The third-order valence-electron chi connectivity index (χ3n) is 12.3. The molecule has 1 heterocycles. The van der Waals surface area contributed by atoms with Gasteiger partial charge >= 0.3 is 0 Å². The summed E-state index contributed by atoms with van der Waals surface area (Å²) in [4.78, 5) is 2.42. The lowest BCUT2D eigenvalue weighted by atomic mass is 10.0. The summed E-state index contributed by atoms with van der Waals surface area (Å²) in [6.07, 6.45) is 0. The molecule has 10 aromatic carbocycles. The molecular weight excluding hydrogens is 753 g/mol. The highest BCUT2D eigenvalue weighted by Crippen LogP contribution is 2.38. The van der Waals surface area contributed by atoms with Crippen LogP contribution in [-0.2, 0) is 0 Å². The second-order valence-electron chi connectivity index (χ2n) is 15.7. The molecule has 0 spiro atoms. The lowest BCUT2D eigenvalue weighted by molar-refractivity contribution is 1.17. The third kappa shape index (κ3) is 6.35. The van der Waals surface area contributed by atoms with Crippen LogP contribution < -0.4 is 25.6 Å². The highest BCUT2D eigenvalue weighted by Gasteiger charge is 2.41. The Hall–Kier alpha value is -7.72. The van der Waals surface area contributed by atoms with Gasteiger partial charge in [-0.2, -0.15) is 0 Å². The van der Waals surface area contributed by atoms with Crippen LogP contribution in [0, 0.1) is 0 Å². The van der Waals surface area contributed by atoms with Gasteiger partial charge in [0, 0.05) is 33.5 Å². The van der Waals surface area contributed by atoms with Crippen LogP contribution in [0.15, 0.2) is 255 Å². The van der Waals surface area contributed by atoms with Gasteiger partial charge in [0.2, 0.25) is 0 Å². The minimum absolute atomic E-state index is 1.09. The molecule has 11 rings (SSSR count).